The van der Waals surface area contributed by atoms with Crippen LogP contribution in [0.5, 0.6) is 0 Å². The highest BCUT2D eigenvalue weighted by Crippen LogP contribution is 2.73. The first-order valence-electron chi connectivity index (χ1n) is 13.8. The molecule has 4 rings (SSSR count). The fourth-order valence-electron chi connectivity index (χ4n) is 10.3. The molecular weight excluding hydrogens is 555 g/mol. The summed E-state index contributed by atoms with van der Waals surface area (Å²) in [5.41, 5.74) is -0.0124. The summed E-state index contributed by atoms with van der Waals surface area (Å²) in [6, 6.07) is 0. The van der Waals surface area contributed by atoms with Gasteiger partial charge in [0.1, 0.15) is 12.2 Å². The molecular formula is C29H47IO5. The zero-order chi connectivity index (χ0) is 26.0. The third-order valence-corrected chi connectivity index (χ3v) is 13.3. The summed E-state index contributed by atoms with van der Waals surface area (Å²) in [6.45, 7) is 14.6. The summed E-state index contributed by atoms with van der Waals surface area (Å²) in [5, 5.41) is 12.0. The second-order valence-electron chi connectivity index (χ2n) is 13.5. The fraction of sp³-hybridized carbons (Fsp3) is 0.931. The van der Waals surface area contributed by atoms with Gasteiger partial charge >= 0.3 is 11.9 Å². The second-order valence-corrected chi connectivity index (χ2v) is 14.3. The molecule has 0 aliphatic heterocycles. The van der Waals surface area contributed by atoms with Crippen LogP contribution in [0.1, 0.15) is 99.8 Å². The van der Waals surface area contributed by atoms with Crippen molar-refractivity contribution in [3.05, 3.63) is 0 Å². The van der Waals surface area contributed by atoms with Crippen LogP contribution in [-0.4, -0.2) is 39.8 Å². The number of esters is 2. The van der Waals surface area contributed by atoms with Crippen LogP contribution in [0.4, 0.5) is 0 Å². The molecule has 0 aromatic heterocycles. The van der Waals surface area contributed by atoms with Gasteiger partial charge in [-0.2, -0.15) is 0 Å². The van der Waals surface area contributed by atoms with Gasteiger partial charge in [0.25, 0.3) is 0 Å². The van der Waals surface area contributed by atoms with Gasteiger partial charge in [0.05, 0.1) is 6.10 Å². The Hall–Kier alpha value is -0.370. The Morgan fingerprint density at radius 2 is 1.69 bits per heavy atom. The summed E-state index contributed by atoms with van der Waals surface area (Å²) in [7, 11) is 0. The molecule has 10 atom stereocenters. The maximum absolute atomic E-state index is 12.0. The summed E-state index contributed by atoms with van der Waals surface area (Å²) in [5.74, 6) is 1.01. The third kappa shape index (κ3) is 4.10. The van der Waals surface area contributed by atoms with Crippen molar-refractivity contribution in [1.29, 1.82) is 0 Å². The Labute approximate surface area is 226 Å². The van der Waals surface area contributed by atoms with E-state index in [4.69, 9.17) is 9.47 Å². The predicted octanol–water partition coefficient (Wildman–Crippen LogP) is 6.33. The first-order chi connectivity index (χ1) is 16.2. The zero-order valence-electron chi connectivity index (χ0n) is 22.9. The molecule has 0 spiro atoms. The minimum atomic E-state index is -0.359. The average Bonchev–Trinajstić information content (AvgIpc) is 2.75. The molecule has 0 amide bonds. The smallest absolute Gasteiger partial charge is 0.302 e. The summed E-state index contributed by atoms with van der Waals surface area (Å²) in [4.78, 5) is 23.7. The van der Waals surface area contributed by atoms with Gasteiger partial charge in [0.15, 0.2) is 0 Å². The summed E-state index contributed by atoms with van der Waals surface area (Å²) in [6.07, 6.45) is 7.76. The lowest BCUT2D eigenvalue weighted by atomic mass is 9.34. The van der Waals surface area contributed by atoms with E-state index in [0.29, 0.717) is 11.8 Å². The molecule has 0 heterocycles. The van der Waals surface area contributed by atoms with E-state index < -0.39 is 0 Å². The Kier molecular flexibility index (Phi) is 7.45. The number of carbonyl (C=O) groups is 2. The molecule has 0 bridgehead atoms. The monoisotopic (exact) mass is 602 g/mol. The van der Waals surface area contributed by atoms with Gasteiger partial charge in [-0.3, -0.25) is 9.59 Å². The SMILES string of the molecule is CC(=O)OC(C)C1CCC[C@@]2(C)C3CCC4C(C)(C)[C@@H](OC(C)=O)CC[C@]4(CI)C3C(O)C[C@]12C. The highest BCUT2D eigenvalue weighted by Gasteiger charge is 2.70. The zero-order valence-corrected chi connectivity index (χ0v) is 25.0. The van der Waals surface area contributed by atoms with E-state index >= 15 is 0 Å². The normalized spacial score (nSPS) is 47.5. The molecule has 4 aliphatic carbocycles. The van der Waals surface area contributed by atoms with Gasteiger partial charge in [-0.15, -0.1) is 0 Å². The first-order valence-corrected chi connectivity index (χ1v) is 15.4. The maximum atomic E-state index is 12.0. The van der Waals surface area contributed by atoms with Crippen LogP contribution < -0.4 is 0 Å². The van der Waals surface area contributed by atoms with Gasteiger partial charge < -0.3 is 14.6 Å². The van der Waals surface area contributed by atoms with Crippen molar-refractivity contribution in [3.8, 4) is 0 Å². The number of hydrogen-bond acceptors (Lipinski definition) is 5. The van der Waals surface area contributed by atoms with Gasteiger partial charge in [-0.25, -0.2) is 0 Å². The van der Waals surface area contributed by atoms with E-state index in [0.717, 1.165) is 49.4 Å². The molecule has 200 valence electrons. The lowest BCUT2D eigenvalue weighted by Crippen LogP contribution is -2.69. The predicted molar refractivity (Wildman–Crippen MR) is 145 cm³/mol. The highest BCUT2D eigenvalue weighted by molar-refractivity contribution is 14.1. The molecule has 6 heteroatoms. The molecule has 35 heavy (non-hydrogen) atoms. The first kappa shape index (κ1) is 27.7. The van der Waals surface area contributed by atoms with E-state index in [9.17, 15) is 14.7 Å². The Morgan fingerprint density at radius 1 is 1.00 bits per heavy atom. The maximum Gasteiger partial charge on any atom is 0.302 e. The van der Waals surface area contributed by atoms with Crippen molar-refractivity contribution in [2.75, 3.05) is 4.43 Å². The Bertz CT molecular complexity index is 843. The summed E-state index contributed by atoms with van der Waals surface area (Å²) < 4.78 is 12.6. The number of aliphatic hydroxyl groups excluding tert-OH is 1. The highest BCUT2D eigenvalue weighted by atomic mass is 127. The third-order valence-electron chi connectivity index (χ3n) is 11.8. The van der Waals surface area contributed by atoms with Crippen LogP contribution >= 0.6 is 22.6 Å². The Balaban J connectivity index is 1.72. The molecule has 4 fully saturated rings. The lowest BCUT2D eigenvalue weighted by molar-refractivity contribution is -0.259. The topological polar surface area (TPSA) is 72.8 Å². The number of halogens is 1. The van der Waals surface area contributed by atoms with Crippen LogP contribution in [0, 0.1) is 45.3 Å². The van der Waals surface area contributed by atoms with Crippen LogP contribution in [0.15, 0.2) is 0 Å². The molecule has 5 nitrogen and oxygen atoms in total. The van der Waals surface area contributed by atoms with Crippen LogP contribution in [-0.2, 0) is 19.1 Å². The largest absolute Gasteiger partial charge is 0.463 e. The minimum Gasteiger partial charge on any atom is -0.463 e. The number of aliphatic hydroxyl groups is 1. The van der Waals surface area contributed by atoms with Crippen LogP contribution in [0.2, 0.25) is 0 Å². The van der Waals surface area contributed by atoms with E-state index in [1.54, 1.807) is 0 Å². The van der Waals surface area contributed by atoms with Crippen LogP contribution in [0.3, 0.4) is 0 Å². The van der Waals surface area contributed by atoms with Crippen molar-refractivity contribution >= 4 is 34.5 Å². The second kappa shape index (κ2) is 9.43. The van der Waals surface area contributed by atoms with Crippen molar-refractivity contribution in [2.45, 2.75) is 118 Å². The molecule has 4 saturated carbocycles. The number of fused-ring (bicyclic) bond motifs is 5. The van der Waals surface area contributed by atoms with Crippen molar-refractivity contribution in [1.82, 2.24) is 0 Å². The molecule has 1 N–H and O–H groups in total. The molecule has 0 aromatic carbocycles. The van der Waals surface area contributed by atoms with Gasteiger partial charge in [-0.1, -0.05) is 56.7 Å². The van der Waals surface area contributed by atoms with E-state index in [1.165, 1.54) is 20.3 Å². The number of rotatable bonds is 4. The number of ether oxygens (including phenoxy) is 2. The number of alkyl halides is 1. The summed E-state index contributed by atoms with van der Waals surface area (Å²) >= 11 is 2.59. The van der Waals surface area contributed by atoms with Crippen molar-refractivity contribution in [2.24, 2.45) is 45.3 Å². The molecule has 0 aromatic rings. The fourth-order valence-corrected chi connectivity index (χ4v) is 11.7. The van der Waals surface area contributed by atoms with E-state index in [2.05, 4.69) is 57.2 Å². The lowest BCUT2D eigenvalue weighted by Gasteiger charge is -2.71. The van der Waals surface area contributed by atoms with Crippen LogP contribution in [0.25, 0.3) is 0 Å². The molecule has 0 saturated heterocycles. The number of carbonyl (C=O) groups excluding carboxylic acids is 2. The molecule has 4 aliphatic rings. The number of hydrogen-bond donors (Lipinski definition) is 1. The van der Waals surface area contributed by atoms with Gasteiger partial charge in [0.2, 0.25) is 0 Å². The van der Waals surface area contributed by atoms with Crippen molar-refractivity contribution < 1.29 is 24.2 Å². The molecule has 6 unspecified atom stereocenters. The standard InChI is InChI=1S/C29H47IO5/c1-17(34-18(2)31)20-9-8-13-27(6)21-10-11-23-26(4,5)24(35-19(3)32)12-14-29(23,16-30)25(21)22(33)15-28(20,27)7/h17,20-25,33H,8-16H2,1-7H3/t17?,20?,21?,22?,23?,24-,25?,27-,28+,29+/m0/s1. The van der Waals surface area contributed by atoms with Crippen molar-refractivity contribution in [3.63, 3.8) is 0 Å². The van der Waals surface area contributed by atoms with Gasteiger partial charge in [-0.05, 0) is 85.9 Å². The van der Waals surface area contributed by atoms with E-state index in [-0.39, 0.29) is 63.7 Å². The van der Waals surface area contributed by atoms with E-state index in [1.807, 2.05) is 0 Å². The minimum absolute atomic E-state index is 0.0529. The van der Waals surface area contributed by atoms with Gasteiger partial charge in [0, 0.05) is 29.6 Å². The Morgan fingerprint density at radius 3 is 2.29 bits per heavy atom. The average molecular weight is 603 g/mol. The molecule has 0 radical (unpaired) electrons. The quantitative estimate of drug-likeness (QED) is 0.231.